The Morgan fingerprint density at radius 2 is 2.40 bits per heavy atom. The van der Waals surface area contributed by atoms with Crippen molar-refractivity contribution in [2.24, 2.45) is 0 Å². The lowest BCUT2D eigenvalue weighted by Gasteiger charge is -2.11. The van der Waals surface area contributed by atoms with E-state index in [4.69, 9.17) is 4.74 Å². The third-order valence-corrected chi connectivity index (χ3v) is 2.82. The predicted octanol–water partition coefficient (Wildman–Crippen LogP) is 1.99. The van der Waals surface area contributed by atoms with Crippen LogP contribution in [-0.2, 0) is 16.0 Å². The molecule has 2 rings (SSSR count). The Labute approximate surface area is 88.7 Å². The first-order chi connectivity index (χ1) is 7.16. The van der Waals surface area contributed by atoms with Crippen molar-refractivity contribution in [1.82, 2.24) is 0 Å². The molecule has 0 spiro atoms. The topological polar surface area (TPSA) is 46.5 Å². The van der Waals surface area contributed by atoms with E-state index in [-0.39, 0.29) is 5.97 Å². The number of aromatic hydroxyl groups is 1. The zero-order valence-electron chi connectivity index (χ0n) is 8.69. The highest BCUT2D eigenvalue weighted by molar-refractivity contribution is 5.66. The van der Waals surface area contributed by atoms with Gasteiger partial charge in [-0.2, -0.15) is 0 Å². The SMILES string of the molecule is CC(=O)OCC1CCc2cc(O)ccc21. The molecular formula is C12H14O3. The number of carbonyl (C=O) groups excluding carboxylic acids is 1. The Hall–Kier alpha value is -1.51. The molecule has 0 saturated carbocycles. The average molecular weight is 206 g/mol. The number of fused-ring (bicyclic) bond motifs is 1. The number of hydrogen-bond donors (Lipinski definition) is 1. The fraction of sp³-hybridized carbons (Fsp3) is 0.417. The van der Waals surface area contributed by atoms with E-state index < -0.39 is 0 Å². The molecule has 0 radical (unpaired) electrons. The molecule has 0 aromatic heterocycles. The van der Waals surface area contributed by atoms with Crippen molar-refractivity contribution in [3.8, 4) is 5.75 Å². The van der Waals surface area contributed by atoms with Gasteiger partial charge in [-0.05, 0) is 36.1 Å². The first-order valence-electron chi connectivity index (χ1n) is 5.12. The number of ether oxygens (including phenoxy) is 1. The smallest absolute Gasteiger partial charge is 0.302 e. The van der Waals surface area contributed by atoms with E-state index in [9.17, 15) is 9.90 Å². The lowest BCUT2D eigenvalue weighted by Crippen LogP contribution is -2.08. The van der Waals surface area contributed by atoms with E-state index >= 15 is 0 Å². The zero-order chi connectivity index (χ0) is 10.8. The molecule has 0 saturated heterocycles. The van der Waals surface area contributed by atoms with Gasteiger partial charge in [0.2, 0.25) is 0 Å². The number of phenolic OH excluding ortho intramolecular Hbond substituents is 1. The van der Waals surface area contributed by atoms with Crippen LogP contribution in [-0.4, -0.2) is 17.7 Å². The van der Waals surface area contributed by atoms with Gasteiger partial charge in [0, 0.05) is 12.8 Å². The van der Waals surface area contributed by atoms with Crippen LogP contribution in [0.15, 0.2) is 18.2 Å². The number of rotatable bonds is 2. The molecule has 1 N–H and O–H groups in total. The van der Waals surface area contributed by atoms with Gasteiger partial charge in [0.05, 0.1) is 6.61 Å². The van der Waals surface area contributed by atoms with Gasteiger partial charge < -0.3 is 9.84 Å². The van der Waals surface area contributed by atoms with Crippen LogP contribution in [0.1, 0.15) is 30.4 Å². The van der Waals surface area contributed by atoms with Crippen LogP contribution in [0.4, 0.5) is 0 Å². The first-order valence-corrected chi connectivity index (χ1v) is 5.12. The Balaban J connectivity index is 2.11. The summed E-state index contributed by atoms with van der Waals surface area (Å²) < 4.78 is 5.01. The number of aryl methyl sites for hydroxylation is 1. The maximum absolute atomic E-state index is 10.7. The molecule has 0 bridgehead atoms. The fourth-order valence-electron chi connectivity index (χ4n) is 2.08. The minimum atomic E-state index is -0.234. The van der Waals surface area contributed by atoms with E-state index in [2.05, 4.69) is 0 Å². The van der Waals surface area contributed by atoms with Crippen LogP contribution in [0.2, 0.25) is 0 Å². The molecule has 0 amide bonds. The highest BCUT2D eigenvalue weighted by Crippen LogP contribution is 2.34. The van der Waals surface area contributed by atoms with Crippen molar-refractivity contribution >= 4 is 5.97 Å². The molecule has 0 heterocycles. The molecule has 80 valence electrons. The summed E-state index contributed by atoms with van der Waals surface area (Å²) >= 11 is 0. The molecule has 0 fully saturated rings. The fourth-order valence-corrected chi connectivity index (χ4v) is 2.08. The molecule has 3 nitrogen and oxygen atoms in total. The summed E-state index contributed by atoms with van der Waals surface area (Å²) in [4.78, 5) is 10.7. The number of carbonyl (C=O) groups is 1. The van der Waals surface area contributed by atoms with Crippen LogP contribution in [0.3, 0.4) is 0 Å². The van der Waals surface area contributed by atoms with Crippen LogP contribution in [0.5, 0.6) is 5.75 Å². The maximum Gasteiger partial charge on any atom is 0.302 e. The largest absolute Gasteiger partial charge is 0.508 e. The highest BCUT2D eigenvalue weighted by Gasteiger charge is 2.23. The van der Waals surface area contributed by atoms with Crippen molar-refractivity contribution in [3.63, 3.8) is 0 Å². The van der Waals surface area contributed by atoms with Gasteiger partial charge >= 0.3 is 5.97 Å². The third-order valence-electron chi connectivity index (χ3n) is 2.82. The van der Waals surface area contributed by atoms with Crippen molar-refractivity contribution in [3.05, 3.63) is 29.3 Å². The van der Waals surface area contributed by atoms with Crippen LogP contribution in [0.25, 0.3) is 0 Å². The lowest BCUT2D eigenvalue weighted by molar-refractivity contribution is -0.141. The molecule has 1 atom stereocenters. The number of phenols is 1. The summed E-state index contributed by atoms with van der Waals surface area (Å²) in [6.07, 6.45) is 1.95. The zero-order valence-corrected chi connectivity index (χ0v) is 8.69. The number of esters is 1. The van der Waals surface area contributed by atoms with Gasteiger partial charge in [0.1, 0.15) is 5.75 Å². The van der Waals surface area contributed by atoms with Crippen LogP contribution < -0.4 is 0 Å². The monoisotopic (exact) mass is 206 g/mol. The van der Waals surface area contributed by atoms with Gasteiger partial charge in [-0.25, -0.2) is 0 Å². The predicted molar refractivity (Wildman–Crippen MR) is 55.8 cm³/mol. The maximum atomic E-state index is 10.7. The molecular weight excluding hydrogens is 192 g/mol. The van der Waals surface area contributed by atoms with Crippen molar-refractivity contribution < 1.29 is 14.6 Å². The van der Waals surface area contributed by atoms with Gasteiger partial charge in [-0.3, -0.25) is 4.79 Å². The average Bonchev–Trinajstić information content (AvgIpc) is 2.57. The molecule has 1 aromatic carbocycles. The number of benzene rings is 1. The summed E-state index contributed by atoms with van der Waals surface area (Å²) in [5.41, 5.74) is 2.38. The third kappa shape index (κ3) is 2.12. The summed E-state index contributed by atoms with van der Waals surface area (Å²) in [7, 11) is 0. The summed E-state index contributed by atoms with van der Waals surface area (Å²) in [5.74, 6) is 0.369. The summed E-state index contributed by atoms with van der Waals surface area (Å²) in [6.45, 7) is 1.87. The minimum Gasteiger partial charge on any atom is -0.508 e. The van der Waals surface area contributed by atoms with Gasteiger partial charge in [0.15, 0.2) is 0 Å². The van der Waals surface area contributed by atoms with Crippen molar-refractivity contribution in [1.29, 1.82) is 0 Å². The standard InChI is InChI=1S/C12H14O3/c1-8(13)15-7-10-3-2-9-6-11(14)4-5-12(9)10/h4-6,10,14H,2-3,7H2,1H3. The van der Waals surface area contributed by atoms with E-state index in [1.807, 2.05) is 6.07 Å². The van der Waals surface area contributed by atoms with E-state index in [1.165, 1.54) is 18.1 Å². The second kappa shape index (κ2) is 3.93. The van der Waals surface area contributed by atoms with E-state index in [0.29, 0.717) is 18.3 Å². The van der Waals surface area contributed by atoms with Crippen LogP contribution >= 0.6 is 0 Å². The quantitative estimate of drug-likeness (QED) is 0.753. The van der Waals surface area contributed by atoms with Gasteiger partial charge in [-0.15, -0.1) is 0 Å². The second-order valence-corrected chi connectivity index (χ2v) is 3.92. The molecule has 3 heteroatoms. The Bertz CT molecular complexity index is 384. The Kier molecular flexibility index (Phi) is 2.62. The first kappa shape index (κ1) is 10.0. The van der Waals surface area contributed by atoms with Crippen LogP contribution in [0, 0.1) is 0 Å². The van der Waals surface area contributed by atoms with E-state index in [0.717, 1.165) is 12.8 Å². The molecule has 0 aliphatic heterocycles. The molecule has 1 aliphatic carbocycles. The Morgan fingerprint density at radius 1 is 1.60 bits per heavy atom. The van der Waals surface area contributed by atoms with Crippen molar-refractivity contribution in [2.75, 3.05) is 6.61 Å². The molecule has 1 aliphatic rings. The molecule has 1 aromatic rings. The van der Waals surface area contributed by atoms with Crippen molar-refractivity contribution in [2.45, 2.75) is 25.7 Å². The minimum absolute atomic E-state index is 0.234. The van der Waals surface area contributed by atoms with Gasteiger partial charge in [-0.1, -0.05) is 6.07 Å². The number of hydrogen-bond acceptors (Lipinski definition) is 3. The Morgan fingerprint density at radius 3 is 3.13 bits per heavy atom. The normalized spacial score (nSPS) is 18.6. The second-order valence-electron chi connectivity index (χ2n) is 3.92. The van der Waals surface area contributed by atoms with Gasteiger partial charge in [0.25, 0.3) is 0 Å². The van der Waals surface area contributed by atoms with E-state index in [1.54, 1.807) is 12.1 Å². The lowest BCUT2D eigenvalue weighted by atomic mass is 10.0. The highest BCUT2D eigenvalue weighted by atomic mass is 16.5. The summed E-state index contributed by atoms with van der Waals surface area (Å²) in [5, 5.41) is 9.32. The summed E-state index contributed by atoms with van der Waals surface area (Å²) in [6, 6.07) is 5.40. The molecule has 1 unspecified atom stereocenters. The molecule has 15 heavy (non-hydrogen) atoms.